The van der Waals surface area contributed by atoms with Crippen molar-refractivity contribution in [2.24, 2.45) is 0 Å². The van der Waals surface area contributed by atoms with Gasteiger partial charge in [0, 0.05) is 14.7 Å². The number of hydrogen-bond acceptors (Lipinski definition) is 2. The third-order valence-corrected chi connectivity index (χ3v) is 2.98. The summed E-state index contributed by atoms with van der Waals surface area (Å²) < 4.78 is 6.80. The Hall–Kier alpha value is -1.04. The van der Waals surface area contributed by atoms with Crippen molar-refractivity contribution in [1.29, 1.82) is 0 Å². The maximum atomic E-state index is 5.60. The molecule has 0 atom stereocenters. The number of hydrogen-bond donors (Lipinski definition) is 1. The topological polar surface area (TPSA) is 37.9 Å². The lowest BCUT2D eigenvalue weighted by Crippen LogP contribution is -2.03. The fraction of sp³-hybridized carbons (Fsp3) is 0.100. The van der Waals surface area contributed by atoms with Crippen LogP contribution in [0.4, 0.5) is 0 Å². The molecular formula is C10H7IN2O. The van der Waals surface area contributed by atoms with E-state index in [9.17, 15) is 0 Å². The zero-order chi connectivity index (χ0) is 9.54. The summed E-state index contributed by atoms with van der Waals surface area (Å²) in [5.41, 5.74) is 3.32. The van der Waals surface area contributed by atoms with Gasteiger partial charge < -0.3 is 4.74 Å². The third-order valence-electron chi connectivity index (χ3n) is 2.31. The van der Waals surface area contributed by atoms with Gasteiger partial charge in [0.05, 0.1) is 11.9 Å². The van der Waals surface area contributed by atoms with Crippen molar-refractivity contribution in [3.05, 3.63) is 33.5 Å². The first-order chi connectivity index (χ1) is 6.84. The third kappa shape index (κ3) is 1.13. The van der Waals surface area contributed by atoms with Gasteiger partial charge in [-0.25, -0.2) is 0 Å². The summed E-state index contributed by atoms with van der Waals surface area (Å²) in [4.78, 5) is 0. The molecule has 3 rings (SSSR count). The Labute approximate surface area is 94.6 Å². The Morgan fingerprint density at radius 2 is 2.36 bits per heavy atom. The van der Waals surface area contributed by atoms with E-state index in [-0.39, 0.29) is 0 Å². The largest absolute Gasteiger partial charge is 0.488 e. The van der Waals surface area contributed by atoms with E-state index in [0.717, 1.165) is 22.6 Å². The number of rotatable bonds is 0. The molecule has 0 saturated heterocycles. The van der Waals surface area contributed by atoms with Gasteiger partial charge in [-0.3, -0.25) is 5.10 Å². The van der Waals surface area contributed by atoms with Crippen LogP contribution in [0.3, 0.4) is 0 Å². The van der Waals surface area contributed by atoms with Crippen LogP contribution < -0.4 is 4.74 Å². The number of benzene rings is 1. The number of ether oxygens (including phenoxy) is 1. The maximum Gasteiger partial charge on any atom is 0.129 e. The monoisotopic (exact) mass is 298 g/mol. The molecule has 1 aliphatic heterocycles. The second kappa shape index (κ2) is 2.98. The second-order valence-corrected chi connectivity index (χ2v) is 4.45. The highest BCUT2D eigenvalue weighted by atomic mass is 127. The molecule has 0 saturated carbocycles. The number of fused-ring (bicyclic) bond motifs is 3. The molecule has 70 valence electrons. The summed E-state index contributed by atoms with van der Waals surface area (Å²) >= 11 is 2.29. The normalized spacial score (nSPS) is 12.9. The van der Waals surface area contributed by atoms with Crippen LogP contribution in [0.15, 0.2) is 24.4 Å². The van der Waals surface area contributed by atoms with Crippen molar-refractivity contribution < 1.29 is 4.74 Å². The van der Waals surface area contributed by atoms with Crippen molar-refractivity contribution in [2.45, 2.75) is 6.61 Å². The molecule has 0 spiro atoms. The van der Waals surface area contributed by atoms with Crippen LogP contribution in [-0.2, 0) is 6.61 Å². The summed E-state index contributed by atoms with van der Waals surface area (Å²) in [7, 11) is 0. The van der Waals surface area contributed by atoms with Crippen LogP contribution in [0, 0.1) is 3.57 Å². The van der Waals surface area contributed by atoms with Crippen LogP contribution in [0.1, 0.15) is 5.56 Å². The van der Waals surface area contributed by atoms with Crippen LogP contribution in [0.25, 0.3) is 11.3 Å². The Morgan fingerprint density at radius 1 is 1.43 bits per heavy atom. The molecule has 4 heteroatoms. The summed E-state index contributed by atoms with van der Waals surface area (Å²) in [6.07, 6.45) is 1.82. The molecule has 2 aromatic rings. The van der Waals surface area contributed by atoms with Gasteiger partial charge >= 0.3 is 0 Å². The van der Waals surface area contributed by atoms with Crippen molar-refractivity contribution in [3.8, 4) is 17.0 Å². The quantitative estimate of drug-likeness (QED) is 0.759. The minimum atomic E-state index is 0.611. The van der Waals surface area contributed by atoms with Gasteiger partial charge in [0.2, 0.25) is 0 Å². The van der Waals surface area contributed by atoms with Gasteiger partial charge in [-0.2, -0.15) is 5.10 Å². The predicted octanol–water partition coefficient (Wildman–Crippen LogP) is 2.57. The fourth-order valence-electron chi connectivity index (χ4n) is 1.63. The highest BCUT2D eigenvalue weighted by Gasteiger charge is 2.18. The molecule has 3 nitrogen and oxygen atoms in total. The highest BCUT2D eigenvalue weighted by molar-refractivity contribution is 14.1. The Bertz CT molecular complexity index is 493. The van der Waals surface area contributed by atoms with E-state index >= 15 is 0 Å². The standard InChI is InChI=1S/C10H7IN2O/c11-7-1-2-9-8(3-7)10-6(5-14-9)4-12-13-10/h1-4H,5H2,(H,12,13). The zero-order valence-electron chi connectivity index (χ0n) is 7.25. The molecule has 0 bridgehead atoms. The number of H-pyrrole nitrogens is 1. The van der Waals surface area contributed by atoms with Crippen molar-refractivity contribution in [3.63, 3.8) is 0 Å². The first-order valence-electron chi connectivity index (χ1n) is 4.29. The van der Waals surface area contributed by atoms with Gasteiger partial charge in [-0.05, 0) is 40.8 Å². The first-order valence-corrected chi connectivity index (χ1v) is 5.37. The van der Waals surface area contributed by atoms with E-state index in [1.54, 1.807) is 0 Å². The van der Waals surface area contributed by atoms with Crippen LogP contribution in [0.5, 0.6) is 5.75 Å². The summed E-state index contributed by atoms with van der Waals surface area (Å²) in [6, 6.07) is 6.15. The van der Waals surface area contributed by atoms with E-state index < -0.39 is 0 Å². The smallest absolute Gasteiger partial charge is 0.129 e. The summed E-state index contributed by atoms with van der Waals surface area (Å²) in [6.45, 7) is 0.611. The van der Waals surface area contributed by atoms with E-state index in [1.807, 2.05) is 18.3 Å². The number of nitrogens with zero attached hydrogens (tertiary/aromatic N) is 1. The minimum Gasteiger partial charge on any atom is -0.488 e. The van der Waals surface area contributed by atoms with Gasteiger partial charge in [0.25, 0.3) is 0 Å². The van der Waals surface area contributed by atoms with Crippen LogP contribution in [0.2, 0.25) is 0 Å². The van der Waals surface area contributed by atoms with E-state index in [0.29, 0.717) is 6.61 Å². The lowest BCUT2D eigenvalue weighted by molar-refractivity contribution is 0.302. The van der Waals surface area contributed by atoms with Crippen LogP contribution >= 0.6 is 22.6 Å². The first kappa shape index (κ1) is 8.28. The number of aromatic amines is 1. The lowest BCUT2D eigenvalue weighted by atomic mass is 10.1. The number of aromatic nitrogens is 2. The average Bonchev–Trinajstić information content (AvgIpc) is 2.65. The van der Waals surface area contributed by atoms with Gasteiger partial charge in [0.1, 0.15) is 12.4 Å². The molecule has 1 N–H and O–H groups in total. The number of halogens is 1. The maximum absolute atomic E-state index is 5.60. The summed E-state index contributed by atoms with van der Waals surface area (Å²) in [5, 5.41) is 7.03. The molecule has 0 radical (unpaired) electrons. The highest BCUT2D eigenvalue weighted by Crippen LogP contribution is 2.36. The molecular weight excluding hydrogens is 291 g/mol. The fourth-order valence-corrected chi connectivity index (χ4v) is 2.12. The predicted molar refractivity (Wildman–Crippen MR) is 61.1 cm³/mol. The molecule has 2 heterocycles. The van der Waals surface area contributed by atoms with Crippen LogP contribution in [-0.4, -0.2) is 10.2 Å². The molecule has 0 aliphatic carbocycles. The SMILES string of the molecule is Ic1ccc2c(c1)-c1[nH]ncc1CO2. The van der Waals surface area contributed by atoms with Gasteiger partial charge in [-0.1, -0.05) is 0 Å². The van der Waals surface area contributed by atoms with E-state index in [2.05, 4.69) is 38.9 Å². The molecule has 1 aromatic heterocycles. The molecule has 0 unspecified atom stereocenters. The van der Waals surface area contributed by atoms with Crippen molar-refractivity contribution in [1.82, 2.24) is 10.2 Å². The second-order valence-electron chi connectivity index (χ2n) is 3.20. The molecule has 1 aromatic carbocycles. The Morgan fingerprint density at radius 3 is 3.29 bits per heavy atom. The molecule has 14 heavy (non-hydrogen) atoms. The van der Waals surface area contributed by atoms with Crippen molar-refractivity contribution in [2.75, 3.05) is 0 Å². The minimum absolute atomic E-state index is 0.611. The average molecular weight is 298 g/mol. The van der Waals surface area contributed by atoms with E-state index in [1.165, 1.54) is 3.57 Å². The molecule has 0 fully saturated rings. The molecule has 0 amide bonds. The Kier molecular flexibility index (Phi) is 1.76. The van der Waals surface area contributed by atoms with Gasteiger partial charge in [0.15, 0.2) is 0 Å². The lowest BCUT2D eigenvalue weighted by Gasteiger charge is -2.16. The van der Waals surface area contributed by atoms with E-state index in [4.69, 9.17) is 4.74 Å². The summed E-state index contributed by atoms with van der Waals surface area (Å²) in [5.74, 6) is 0.933. The Balaban J connectivity index is 2.28. The van der Waals surface area contributed by atoms with Gasteiger partial charge in [-0.15, -0.1) is 0 Å². The number of nitrogens with one attached hydrogen (secondary N) is 1. The molecule has 1 aliphatic rings. The zero-order valence-corrected chi connectivity index (χ0v) is 9.41. The van der Waals surface area contributed by atoms with Crippen molar-refractivity contribution >= 4 is 22.6 Å².